The molecule has 12 nitrogen and oxygen atoms in total. The molecule has 0 fully saturated rings. The Bertz CT molecular complexity index is 1540. The van der Waals surface area contributed by atoms with Crippen LogP contribution in [0.25, 0.3) is 11.4 Å². The van der Waals surface area contributed by atoms with Crippen LogP contribution in [0.15, 0.2) is 65.6 Å². The summed E-state index contributed by atoms with van der Waals surface area (Å²) in [5.74, 6) is -10.1. The van der Waals surface area contributed by atoms with Gasteiger partial charge in [-0.3, -0.25) is 28.5 Å². The zero-order valence-electron chi connectivity index (χ0n) is 23.7. The third-order valence-electron chi connectivity index (χ3n) is 6.57. The predicted molar refractivity (Wildman–Crippen MR) is 156 cm³/mol. The van der Waals surface area contributed by atoms with E-state index in [4.69, 9.17) is 11.5 Å². The number of rotatable bonds is 13. The number of amides is 3. The van der Waals surface area contributed by atoms with Crippen LogP contribution < -0.4 is 27.7 Å². The number of carbonyl (C=O) groups is 4. The van der Waals surface area contributed by atoms with Gasteiger partial charge in [-0.15, -0.1) is 0 Å². The van der Waals surface area contributed by atoms with E-state index in [2.05, 4.69) is 10.3 Å². The molecule has 0 aliphatic rings. The van der Waals surface area contributed by atoms with Crippen LogP contribution in [0.3, 0.4) is 0 Å². The molecular weight excluding hydrogens is 564 g/mol. The van der Waals surface area contributed by atoms with Gasteiger partial charge in [0.2, 0.25) is 17.6 Å². The Kier molecular flexibility index (Phi) is 10.7. The number of nitrogens with one attached hydrogen (secondary N) is 2. The van der Waals surface area contributed by atoms with E-state index in [1.54, 1.807) is 62.4 Å². The van der Waals surface area contributed by atoms with Gasteiger partial charge in [-0.05, 0) is 31.5 Å². The van der Waals surface area contributed by atoms with E-state index in [1.165, 1.54) is 11.0 Å². The molecule has 0 spiro atoms. The van der Waals surface area contributed by atoms with Crippen molar-refractivity contribution in [3.05, 3.63) is 76.7 Å². The number of Topliss-reactive ketones (excluding diaryl/α,β-unsaturated/α-hetero) is 1. The summed E-state index contributed by atoms with van der Waals surface area (Å²) in [6.45, 7) is 2.50. The molecular formula is C29H33F2N7O5. The van der Waals surface area contributed by atoms with Crippen LogP contribution in [0, 0.1) is 0 Å². The Morgan fingerprint density at radius 3 is 2.33 bits per heavy atom. The third-order valence-corrected chi connectivity index (χ3v) is 6.57. The number of hydrogen-bond acceptors (Lipinski definition) is 8. The minimum Gasteiger partial charge on any atom is -0.399 e. The molecule has 43 heavy (non-hydrogen) atoms. The molecule has 6 N–H and O–H groups in total. The third kappa shape index (κ3) is 7.99. The fraction of sp³-hybridized carbons (Fsp3) is 0.310. The SMILES string of the molecule is CCN(CC)C(=O)CNC(=O)C(F)(F)C(=O)C(Cc1ccccc1)NC(=O)Cn1c(-c2cccc(N)c2)ncc(N)c1=O. The molecule has 3 amide bonds. The molecule has 0 saturated carbocycles. The molecule has 0 aliphatic carbocycles. The topological polar surface area (TPSA) is 183 Å². The number of nitrogen functional groups attached to an aromatic ring is 2. The first kappa shape index (κ1) is 32.4. The van der Waals surface area contributed by atoms with Crippen LogP contribution in [0.1, 0.15) is 19.4 Å². The van der Waals surface area contributed by atoms with Gasteiger partial charge >= 0.3 is 5.92 Å². The van der Waals surface area contributed by atoms with Gasteiger partial charge in [0.15, 0.2) is 0 Å². The molecule has 0 radical (unpaired) electrons. The van der Waals surface area contributed by atoms with Gasteiger partial charge < -0.3 is 27.0 Å². The van der Waals surface area contributed by atoms with E-state index in [1.807, 2.05) is 5.32 Å². The summed E-state index contributed by atoms with van der Waals surface area (Å²) >= 11 is 0. The largest absolute Gasteiger partial charge is 0.399 e. The first-order valence-electron chi connectivity index (χ1n) is 13.4. The summed E-state index contributed by atoms with van der Waals surface area (Å²) in [6, 6.07) is 12.4. The maximum absolute atomic E-state index is 15.2. The average Bonchev–Trinajstić information content (AvgIpc) is 2.98. The summed E-state index contributed by atoms with van der Waals surface area (Å²) in [4.78, 5) is 69.2. The van der Waals surface area contributed by atoms with Gasteiger partial charge in [-0.25, -0.2) is 4.98 Å². The van der Waals surface area contributed by atoms with Crippen molar-refractivity contribution in [2.24, 2.45) is 0 Å². The second kappa shape index (κ2) is 14.2. The van der Waals surface area contributed by atoms with Crippen molar-refractivity contribution in [3.63, 3.8) is 0 Å². The number of benzene rings is 2. The molecule has 1 aromatic heterocycles. The Balaban J connectivity index is 1.87. The first-order chi connectivity index (χ1) is 20.4. The quantitative estimate of drug-likeness (QED) is 0.166. The molecule has 3 rings (SSSR count). The standard InChI is InChI=1S/C29H33F2N7O5/c1-3-37(4-2)24(40)16-35-28(43)29(30,31)25(41)22(13-18-9-6-5-7-10-18)36-23(39)17-38-26(34-15-21(33)27(38)42)19-11-8-12-20(32)14-19/h5-12,14-15,22H,3-4,13,16-17,32-33H2,1-2H3,(H,35,43)(H,36,39). The summed E-state index contributed by atoms with van der Waals surface area (Å²) in [5, 5.41) is 4.05. The van der Waals surface area contributed by atoms with Crippen molar-refractivity contribution >= 4 is 34.9 Å². The highest BCUT2D eigenvalue weighted by Crippen LogP contribution is 2.21. The van der Waals surface area contributed by atoms with Crippen LogP contribution >= 0.6 is 0 Å². The molecule has 1 unspecified atom stereocenters. The van der Waals surface area contributed by atoms with Gasteiger partial charge in [0.1, 0.15) is 18.1 Å². The van der Waals surface area contributed by atoms with Gasteiger partial charge in [0.25, 0.3) is 11.5 Å². The summed E-state index contributed by atoms with van der Waals surface area (Å²) < 4.78 is 31.3. The number of aromatic nitrogens is 2. The van der Waals surface area contributed by atoms with E-state index >= 15 is 8.78 Å². The molecule has 228 valence electrons. The highest BCUT2D eigenvalue weighted by molar-refractivity contribution is 6.11. The number of ketones is 1. The van der Waals surface area contributed by atoms with Crippen molar-refractivity contribution in [2.45, 2.75) is 38.8 Å². The van der Waals surface area contributed by atoms with Crippen LogP contribution in [-0.2, 0) is 32.1 Å². The number of nitrogens with zero attached hydrogens (tertiary/aromatic N) is 3. The van der Waals surface area contributed by atoms with Gasteiger partial charge in [0.05, 0.1) is 18.8 Å². The maximum Gasteiger partial charge on any atom is 0.383 e. The zero-order chi connectivity index (χ0) is 31.7. The van der Waals surface area contributed by atoms with Crippen LogP contribution in [-0.4, -0.2) is 69.6 Å². The van der Waals surface area contributed by atoms with E-state index in [0.717, 1.165) is 10.8 Å². The Morgan fingerprint density at radius 1 is 1.02 bits per heavy atom. The van der Waals surface area contributed by atoms with Crippen LogP contribution in [0.4, 0.5) is 20.2 Å². The molecule has 14 heteroatoms. The van der Waals surface area contributed by atoms with E-state index in [9.17, 15) is 24.0 Å². The van der Waals surface area contributed by atoms with E-state index in [0.29, 0.717) is 29.9 Å². The normalized spacial score (nSPS) is 11.8. The number of anilines is 2. The summed E-state index contributed by atoms with van der Waals surface area (Å²) in [6.07, 6.45) is 0.722. The number of halogens is 2. The lowest BCUT2D eigenvalue weighted by Crippen LogP contribution is -2.56. The highest BCUT2D eigenvalue weighted by atomic mass is 19.3. The zero-order valence-corrected chi connectivity index (χ0v) is 23.7. The molecule has 0 aliphatic heterocycles. The van der Waals surface area contributed by atoms with Crippen molar-refractivity contribution in [1.82, 2.24) is 25.1 Å². The Hall–Kier alpha value is -5.14. The second-order valence-electron chi connectivity index (χ2n) is 9.55. The molecule has 1 heterocycles. The Labute approximate surface area is 246 Å². The molecule has 3 aromatic rings. The van der Waals surface area contributed by atoms with Crippen molar-refractivity contribution in [3.8, 4) is 11.4 Å². The fourth-order valence-electron chi connectivity index (χ4n) is 4.29. The summed E-state index contributed by atoms with van der Waals surface area (Å²) in [7, 11) is 0. The van der Waals surface area contributed by atoms with Gasteiger partial charge in [-0.2, -0.15) is 8.78 Å². The average molecular weight is 598 g/mol. The Morgan fingerprint density at radius 2 is 1.70 bits per heavy atom. The minimum absolute atomic E-state index is 0.0233. The van der Waals surface area contributed by atoms with Crippen LogP contribution in [0.2, 0.25) is 0 Å². The van der Waals surface area contributed by atoms with E-state index < -0.39 is 60.5 Å². The fourth-order valence-corrected chi connectivity index (χ4v) is 4.29. The molecule has 0 bridgehead atoms. The van der Waals surface area contributed by atoms with Gasteiger partial charge in [-0.1, -0.05) is 42.5 Å². The number of nitrogens with two attached hydrogens (primary N) is 2. The lowest BCUT2D eigenvalue weighted by Gasteiger charge is -2.24. The number of carbonyl (C=O) groups excluding carboxylic acids is 4. The highest BCUT2D eigenvalue weighted by Gasteiger charge is 2.50. The van der Waals surface area contributed by atoms with Crippen molar-refractivity contribution < 1.29 is 28.0 Å². The molecule has 2 aromatic carbocycles. The number of hydrogen-bond donors (Lipinski definition) is 4. The molecule has 1 atom stereocenters. The predicted octanol–water partition coefficient (Wildman–Crippen LogP) is 0.991. The first-order valence-corrected chi connectivity index (χ1v) is 13.4. The lowest BCUT2D eigenvalue weighted by molar-refractivity contribution is -0.161. The van der Waals surface area contributed by atoms with Crippen molar-refractivity contribution in [1.29, 1.82) is 0 Å². The van der Waals surface area contributed by atoms with Crippen molar-refractivity contribution in [2.75, 3.05) is 31.1 Å². The summed E-state index contributed by atoms with van der Waals surface area (Å²) in [5.41, 5.74) is 11.7. The lowest BCUT2D eigenvalue weighted by atomic mass is 9.98. The van der Waals surface area contributed by atoms with Gasteiger partial charge in [0, 0.05) is 30.8 Å². The smallest absolute Gasteiger partial charge is 0.383 e. The van der Waals surface area contributed by atoms with E-state index in [-0.39, 0.29) is 11.5 Å². The molecule has 0 saturated heterocycles. The number of alkyl halides is 2. The number of likely N-dealkylation sites (N-methyl/N-ethyl adjacent to an activating group) is 1. The second-order valence-corrected chi connectivity index (χ2v) is 9.55. The van der Waals surface area contributed by atoms with Crippen LogP contribution in [0.5, 0.6) is 0 Å². The minimum atomic E-state index is -4.60. The monoisotopic (exact) mass is 597 g/mol. The maximum atomic E-state index is 15.2.